The molecule has 2 aromatic rings. The second kappa shape index (κ2) is 6.53. The van der Waals surface area contributed by atoms with Crippen LogP contribution >= 0.6 is 0 Å². The van der Waals surface area contributed by atoms with Gasteiger partial charge in [-0.05, 0) is 30.7 Å². The van der Waals surface area contributed by atoms with Crippen LogP contribution in [0.15, 0.2) is 41.6 Å². The molecule has 1 aromatic carbocycles. The van der Waals surface area contributed by atoms with Crippen LogP contribution in [-0.4, -0.2) is 31.2 Å². The Hall–Kier alpha value is -2.15. The summed E-state index contributed by atoms with van der Waals surface area (Å²) in [6.45, 7) is 2.87. The largest absolute Gasteiger partial charge is 0.437 e. The van der Waals surface area contributed by atoms with Gasteiger partial charge in [-0.3, -0.25) is 4.98 Å². The molecule has 0 bridgehead atoms. The Kier molecular flexibility index (Phi) is 4.74. The van der Waals surface area contributed by atoms with Gasteiger partial charge >= 0.3 is 0 Å². The highest BCUT2D eigenvalue weighted by Gasteiger charge is 2.07. The molecule has 0 aliphatic carbocycles. The molecular formula is C14H17N3O3S. The van der Waals surface area contributed by atoms with E-state index in [2.05, 4.69) is 22.2 Å². The highest BCUT2D eigenvalue weighted by molar-refractivity contribution is 7.90. The van der Waals surface area contributed by atoms with Gasteiger partial charge in [-0.1, -0.05) is 6.92 Å². The lowest BCUT2D eigenvalue weighted by Crippen LogP contribution is -2.03. The molecule has 0 amide bonds. The molecule has 112 valence electrons. The van der Waals surface area contributed by atoms with E-state index in [1.54, 1.807) is 18.3 Å². The minimum Gasteiger partial charge on any atom is -0.437 e. The summed E-state index contributed by atoms with van der Waals surface area (Å²) in [5.74, 6) is 1.50. The first-order chi connectivity index (χ1) is 9.99. The Morgan fingerprint density at radius 2 is 1.90 bits per heavy atom. The first kappa shape index (κ1) is 15.2. The van der Waals surface area contributed by atoms with Crippen LogP contribution < -0.4 is 10.1 Å². The molecule has 0 radical (unpaired) electrons. The Bertz CT molecular complexity index is 700. The zero-order chi connectivity index (χ0) is 15.3. The van der Waals surface area contributed by atoms with Crippen LogP contribution in [0, 0.1) is 0 Å². The number of hydrogen-bond donors (Lipinski definition) is 1. The SMILES string of the molecule is CCCNc1cncc(Oc2ccc(S(C)(=O)=O)cc2)n1. The van der Waals surface area contributed by atoms with Crippen LogP contribution in [0.1, 0.15) is 13.3 Å². The van der Waals surface area contributed by atoms with E-state index in [1.807, 2.05) is 0 Å². The van der Waals surface area contributed by atoms with E-state index in [9.17, 15) is 8.42 Å². The van der Waals surface area contributed by atoms with Crippen LogP contribution in [0.4, 0.5) is 5.82 Å². The lowest BCUT2D eigenvalue weighted by molar-refractivity contribution is 0.460. The number of ether oxygens (including phenoxy) is 1. The molecule has 0 aliphatic heterocycles. The predicted molar refractivity (Wildman–Crippen MR) is 80.4 cm³/mol. The number of aromatic nitrogens is 2. The van der Waals surface area contributed by atoms with Crippen molar-refractivity contribution in [3.63, 3.8) is 0 Å². The summed E-state index contributed by atoms with van der Waals surface area (Å²) in [6.07, 6.45) is 5.27. The van der Waals surface area contributed by atoms with Crippen molar-refractivity contribution in [2.75, 3.05) is 18.1 Å². The van der Waals surface area contributed by atoms with Crippen molar-refractivity contribution in [3.05, 3.63) is 36.7 Å². The van der Waals surface area contributed by atoms with Crippen molar-refractivity contribution in [1.82, 2.24) is 9.97 Å². The van der Waals surface area contributed by atoms with Crippen molar-refractivity contribution >= 4 is 15.7 Å². The topological polar surface area (TPSA) is 81.2 Å². The van der Waals surface area contributed by atoms with Gasteiger partial charge in [0.25, 0.3) is 0 Å². The van der Waals surface area contributed by atoms with Crippen molar-refractivity contribution < 1.29 is 13.2 Å². The van der Waals surface area contributed by atoms with Crippen molar-refractivity contribution in [3.8, 4) is 11.6 Å². The Labute approximate surface area is 124 Å². The Morgan fingerprint density at radius 1 is 1.19 bits per heavy atom. The standard InChI is InChI=1S/C14H17N3O3S/c1-3-8-16-13-9-15-10-14(17-13)20-11-4-6-12(7-5-11)21(2,18)19/h4-7,9-10H,3,8H2,1-2H3,(H,16,17). The number of hydrogen-bond acceptors (Lipinski definition) is 6. The summed E-state index contributed by atoms with van der Waals surface area (Å²) in [5, 5.41) is 3.12. The summed E-state index contributed by atoms with van der Waals surface area (Å²) in [5.41, 5.74) is 0. The van der Waals surface area contributed by atoms with Crippen molar-refractivity contribution in [2.45, 2.75) is 18.2 Å². The van der Waals surface area contributed by atoms with E-state index in [-0.39, 0.29) is 4.90 Å². The van der Waals surface area contributed by atoms with Gasteiger partial charge in [-0.2, -0.15) is 4.98 Å². The number of anilines is 1. The number of benzene rings is 1. The molecule has 1 aromatic heterocycles. The molecule has 6 nitrogen and oxygen atoms in total. The maximum atomic E-state index is 11.4. The zero-order valence-electron chi connectivity index (χ0n) is 11.9. The van der Waals surface area contributed by atoms with Crippen LogP contribution in [0.25, 0.3) is 0 Å². The van der Waals surface area contributed by atoms with Gasteiger partial charge in [0.05, 0.1) is 17.3 Å². The minimum atomic E-state index is -3.20. The summed E-state index contributed by atoms with van der Waals surface area (Å²) in [7, 11) is -3.20. The number of sulfone groups is 1. The van der Waals surface area contributed by atoms with E-state index < -0.39 is 9.84 Å². The Balaban J connectivity index is 2.11. The average Bonchev–Trinajstić information content (AvgIpc) is 2.45. The van der Waals surface area contributed by atoms with Gasteiger partial charge in [-0.25, -0.2) is 8.42 Å². The number of nitrogens with zero attached hydrogens (tertiary/aromatic N) is 2. The second-order valence-electron chi connectivity index (χ2n) is 4.51. The molecule has 0 unspecified atom stereocenters. The highest BCUT2D eigenvalue weighted by Crippen LogP contribution is 2.21. The quantitative estimate of drug-likeness (QED) is 0.883. The second-order valence-corrected chi connectivity index (χ2v) is 6.53. The average molecular weight is 307 g/mol. The van der Waals surface area contributed by atoms with E-state index in [1.165, 1.54) is 18.3 Å². The molecule has 1 heterocycles. The van der Waals surface area contributed by atoms with Crippen molar-refractivity contribution in [2.24, 2.45) is 0 Å². The normalized spacial score (nSPS) is 11.1. The fourth-order valence-corrected chi connectivity index (χ4v) is 2.24. The molecule has 1 N–H and O–H groups in total. The van der Waals surface area contributed by atoms with Gasteiger partial charge < -0.3 is 10.1 Å². The molecule has 21 heavy (non-hydrogen) atoms. The Morgan fingerprint density at radius 3 is 2.52 bits per heavy atom. The molecule has 0 fully saturated rings. The van der Waals surface area contributed by atoms with Gasteiger partial charge in [0.1, 0.15) is 11.6 Å². The molecule has 0 saturated carbocycles. The monoisotopic (exact) mass is 307 g/mol. The first-order valence-electron chi connectivity index (χ1n) is 6.53. The van der Waals surface area contributed by atoms with Crippen LogP contribution in [0.3, 0.4) is 0 Å². The summed E-state index contributed by atoms with van der Waals surface area (Å²) >= 11 is 0. The van der Waals surface area contributed by atoms with E-state index in [4.69, 9.17) is 4.74 Å². The third-order valence-electron chi connectivity index (χ3n) is 2.64. The smallest absolute Gasteiger partial charge is 0.239 e. The fourth-order valence-electron chi connectivity index (χ4n) is 1.61. The molecule has 7 heteroatoms. The van der Waals surface area contributed by atoms with Gasteiger partial charge in [-0.15, -0.1) is 0 Å². The lowest BCUT2D eigenvalue weighted by Gasteiger charge is -2.07. The number of nitrogens with one attached hydrogen (secondary N) is 1. The summed E-state index contributed by atoms with van der Waals surface area (Å²) < 4.78 is 28.3. The third-order valence-corrected chi connectivity index (χ3v) is 3.77. The first-order valence-corrected chi connectivity index (χ1v) is 8.42. The zero-order valence-corrected chi connectivity index (χ0v) is 12.7. The fraction of sp³-hybridized carbons (Fsp3) is 0.286. The molecule has 0 saturated heterocycles. The lowest BCUT2D eigenvalue weighted by atomic mass is 10.3. The van der Waals surface area contributed by atoms with Crippen LogP contribution in [0.2, 0.25) is 0 Å². The molecule has 0 aliphatic rings. The molecular weight excluding hydrogens is 290 g/mol. The van der Waals surface area contributed by atoms with Gasteiger partial charge in [0.2, 0.25) is 5.88 Å². The minimum absolute atomic E-state index is 0.249. The van der Waals surface area contributed by atoms with Gasteiger partial charge in [0, 0.05) is 12.8 Å². The van der Waals surface area contributed by atoms with Crippen LogP contribution in [0.5, 0.6) is 11.6 Å². The van der Waals surface area contributed by atoms with Crippen molar-refractivity contribution in [1.29, 1.82) is 0 Å². The third kappa shape index (κ3) is 4.42. The van der Waals surface area contributed by atoms with E-state index >= 15 is 0 Å². The van der Waals surface area contributed by atoms with E-state index in [0.29, 0.717) is 17.4 Å². The van der Waals surface area contributed by atoms with Crippen LogP contribution in [-0.2, 0) is 9.84 Å². The molecule has 0 atom stereocenters. The maximum absolute atomic E-state index is 11.4. The molecule has 0 spiro atoms. The highest BCUT2D eigenvalue weighted by atomic mass is 32.2. The summed E-state index contributed by atoms with van der Waals surface area (Å²) in [4.78, 5) is 8.56. The maximum Gasteiger partial charge on any atom is 0.239 e. The van der Waals surface area contributed by atoms with Gasteiger partial charge in [0.15, 0.2) is 9.84 Å². The summed E-state index contributed by atoms with van der Waals surface area (Å²) in [6, 6.07) is 6.17. The predicted octanol–water partition coefficient (Wildman–Crippen LogP) is 2.49. The van der Waals surface area contributed by atoms with E-state index in [0.717, 1.165) is 19.2 Å². The number of rotatable bonds is 6. The molecule has 2 rings (SSSR count).